The van der Waals surface area contributed by atoms with Crippen LogP contribution in [0.4, 0.5) is 0 Å². The van der Waals surface area contributed by atoms with E-state index in [2.05, 4.69) is 0 Å². The van der Waals surface area contributed by atoms with Gasteiger partial charge in [0.15, 0.2) is 0 Å². The number of methoxy groups -OCH3 is 1. The molecule has 0 aliphatic carbocycles. The molecule has 2 N–H and O–H groups in total. The van der Waals surface area contributed by atoms with Crippen LogP contribution in [0.3, 0.4) is 0 Å². The fourth-order valence-corrected chi connectivity index (χ4v) is 2.32. The maximum Gasteiger partial charge on any atom is 0.338 e. The third-order valence-corrected chi connectivity index (χ3v) is 3.76. The Morgan fingerprint density at radius 2 is 1.58 bits per heavy atom. The minimum Gasteiger partial charge on any atom is -0.497 e. The second kappa shape index (κ2) is 9.58. The summed E-state index contributed by atoms with van der Waals surface area (Å²) in [7, 11) is 1.60. The van der Waals surface area contributed by atoms with Crippen molar-refractivity contribution in [3.8, 4) is 5.75 Å². The molecule has 0 heterocycles. The number of benzene rings is 2. The van der Waals surface area contributed by atoms with Gasteiger partial charge in [0.25, 0.3) is 0 Å². The van der Waals surface area contributed by atoms with Crippen LogP contribution in [0, 0.1) is 0 Å². The predicted octanol–water partition coefficient (Wildman–Crippen LogP) is 2.49. The summed E-state index contributed by atoms with van der Waals surface area (Å²) >= 11 is 0. The largest absolute Gasteiger partial charge is 0.497 e. The van der Waals surface area contributed by atoms with E-state index in [9.17, 15) is 9.59 Å². The molecule has 0 aromatic heterocycles. The van der Waals surface area contributed by atoms with Crippen molar-refractivity contribution in [1.29, 1.82) is 0 Å². The highest BCUT2D eigenvalue weighted by Crippen LogP contribution is 2.13. The van der Waals surface area contributed by atoms with Crippen molar-refractivity contribution in [1.82, 2.24) is 0 Å². The Hall–Kier alpha value is -2.86. The molecule has 6 nitrogen and oxygen atoms in total. The molecule has 6 heteroatoms. The van der Waals surface area contributed by atoms with Crippen molar-refractivity contribution in [2.24, 2.45) is 5.73 Å². The Bertz CT molecular complexity index is 725. The van der Waals surface area contributed by atoms with Crippen LogP contribution >= 0.6 is 0 Å². The van der Waals surface area contributed by atoms with Crippen molar-refractivity contribution in [3.05, 3.63) is 65.2 Å². The standard InChI is InChI=1S/C20H23NO5/c1-3-25-20(23)18(21)12-14-4-8-16(9-5-14)19(22)26-13-15-6-10-17(24-2)11-7-15/h4-11,18H,3,12-13,21H2,1-2H3. The average molecular weight is 357 g/mol. The zero-order chi connectivity index (χ0) is 18.9. The number of nitrogens with two attached hydrogens (primary N) is 1. The van der Waals surface area contributed by atoms with Gasteiger partial charge in [-0.05, 0) is 48.7 Å². The lowest BCUT2D eigenvalue weighted by atomic mass is 10.0. The highest BCUT2D eigenvalue weighted by Gasteiger charge is 2.15. The summed E-state index contributed by atoms with van der Waals surface area (Å²) in [5.41, 5.74) is 7.94. The Morgan fingerprint density at radius 3 is 2.15 bits per heavy atom. The molecule has 0 fully saturated rings. The molecular weight excluding hydrogens is 334 g/mol. The van der Waals surface area contributed by atoms with Gasteiger partial charge in [-0.25, -0.2) is 4.79 Å². The second-order valence-electron chi connectivity index (χ2n) is 5.68. The quantitative estimate of drug-likeness (QED) is 0.730. The third kappa shape index (κ3) is 5.60. The number of hydrogen-bond acceptors (Lipinski definition) is 6. The Kier molecular flexibility index (Phi) is 7.17. The van der Waals surface area contributed by atoms with Crippen LogP contribution in [0.15, 0.2) is 48.5 Å². The molecule has 0 spiro atoms. The van der Waals surface area contributed by atoms with Crippen LogP contribution in [0.1, 0.15) is 28.4 Å². The fourth-order valence-electron chi connectivity index (χ4n) is 2.32. The Balaban J connectivity index is 1.88. The Labute approximate surface area is 152 Å². The SMILES string of the molecule is CCOC(=O)C(N)Cc1ccc(C(=O)OCc2ccc(OC)cc2)cc1. The van der Waals surface area contributed by atoms with Crippen LogP contribution in [0.5, 0.6) is 5.75 Å². The first-order chi connectivity index (χ1) is 12.5. The maximum absolute atomic E-state index is 12.1. The zero-order valence-corrected chi connectivity index (χ0v) is 14.9. The first-order valence-electron chi connectivity index (χ1n) is 8.34. The number of esters is 2. The lowest BCUT2D eigenvalue weighted by molar-refractivity contribution is -0.144. The minimum absolute atomic E-state index is 0.179. The first kappa shape index (κ1) is 19.5. The van der Waals surface area contributed by atoms with Gasteiger partial charge in [-0.1, -0.05) is 24.3 Å². The van der Waals surface area contributed by atoms with E-state index < -0.39 is 18.0 Å². The van der Waals surface area contributed by atoms with Gasteiger partial charge in [0.1, 0.15) is 18.4 Å². The van der Waals surface area contributed by atoms with Gasteiger partial charge in [0, 0.05) is 0 Å². The van der Waals surface area contributed by atoms with E-state index in [1.807, 2.05) is 24.3 Å². The van der Waals surface area contributed by atoms with Crippen molar-refractivity contribution < 1.29 is 23.8 Å². The number of carbonyl (C=O) groups is 2. The summed E-state index contributed by atoms with van der Waals surface area (Å²) in [4.78, 5) is 23.7. The predicted molar refractivity (Wildman–Crippen MR) is 96.9 cm³/mol. The molecule has 2 aromatic carbocycles. The highest BCUT2D eigenvalue weighted by molar-refractivity contribution is 5.89. The van der Waals surface area contributed by atoms with Gasteiger partial charge in [0.2, 0.25) is 0 Å². The zero-order valence-electron chi connectivity index (χ0n) is 14.9. The first-order valence-corrected chi connectivity index (χ1v) is 8.34. The highest BCUT2D eigenvalue weighted by atomic mass is 16.5. The van der Waals surface area contributed by atoms with Gasteiger partial charge >= 0.3 is 11.9 Å². The molecule has 26 heavy (non-hydrogen) atoms. The molecule has 0 radical (unpaired) electrons. The van der Waals surface area contributed by atoms with E-state index in [0.29, 0.717) is 18.6 Å². The molecule has 0 bridgehead atoms. The van der Waals surface area contributed by atoms with Gasteiger partial charge in [-0.3, -0.25) is 4.79 Å². The van der Waals surface area contributed by atoms with Gasteiger partial charge in [-0.2, -0.15) is 0 Å². The van der Waals surface area contributed by atoms with E-state index in [0.717, 1.165) is 16.9 Å². The number of ether oxygens (including phenoxy) is 3. The molecule has 0 aliphatic rings. The summed E-state index contributed by atoms with van der Waals surface area (Å²) in [5.74, 6) is -0.103. The van der Waals surface area contributed by atoms with E-state index in [1.54, 1.807) is 38.3 Å². The summed E-state index contributed by atoms with van der Waals surface area (Å²) in [5, 5.41) is 0. The molecule has 0 saturated heterocycles. The number of hydrogen-bond donors (Lipinski definition) is 1. The van der Waals surface area contributed by atoms with E-state index in [-0.39, 0.29) is 6.61 Å². The van der Waals surface area contributed by atoms with Gasteiger partial charge in [0.05, 0.1) is 19.3 Å². The fraction of sp³-hybridized carbons (Fsp3) is 0.300. The van der Waals surface area contributed by atoms with Crippen LogP contribution < -0.4 is 10.5 Å². The smallest absolute Gasteiger partial charge is 0.338 e. The lowest BCUT2D eigenvalue weighted by Crippen LogP contribution is -2.34. The van der Waals surface area contributed by atoms with E-state index in [4.69, 9.17) is 19.9 Å². The molecule has 2 aromatic rings. The van der Waals surface area contributed by atoms with E-state index in [1.165, 1.54) is 0 Å². The van der Waals surface area contributed by atoms with Crippen LogP contribution in [-0.2, 0) is 27.3 Å². The number of rotatable bonds is 8. The summed E-state index contributed by atoms with van der Waals surface area (Å²) in [6, 6.07) is 13.4. The summed E-state index contributed by atoms with van der Waals surface area (Å²) < 4.78 is 15.3. The van der Waals surface area contributed by atoms with Gasteiger partial charge in [-0.15, -0.1) is 0 Å². The molecule has 0 saturated carbocycles. The Morgan fingerprint density at radius 1 is 0.962 bits per heavy atom. The normalized spacial score (nSPS) is 11.5. The van der Waals surface area contributed by atoms with Crippen LogP contribution in [-0.4, -0.2) is 31.7 Å². The minimum atomic E-state index is -0.720. The number of carbonyl (C=O) groups excluding carboxylic acids is 2. The summed E-state index contributed by atoms with van der Waals surface area (Å²) in [6.07, 6.45) is 0.347. The second-order valence-corrected chi connectivity index (χ2v) is 5.68. The topological polar surface area (TPSA) is 87.9 Å². The van der Waals surface area contributed by atoms with Crippen molar-refractivity contribution >= 4 is 11.9 Å². The molecule has 138 valence electrons. The van der Waals surface area contributed by atoms with Crippen molar-refractivity contribution in [2.45, 2.75) is 26.0 Å². The molecule has 1 atom stereocenters. The lowest BCUT2D eigenvalue weighted by Gasteiger charge is -2.11. The maximum atomic E-state index is 12.1. The van der Waals surface area contributed by atoms with Crippen LogP contribution in [0.2, 0.25) is 0 Å². The van der Waals surface area contributed by atoms with Crippen molar-refractivity contribution in [2.75, 3.05) is 13.7 Å². The monoisotopic (exact) mass is 357 g/mol. The molecule has 2 rings (SSSR count). The third-order valence-electron chi connectivity index (χ3n) is 3.76. The molecule has 0 aliphatic heterocycles. The van der Waals surface area contributed by atoms with E-state index >= 15 is 0 Å². The van der Waals surface area contributed by atoms with Crippen LogP contribution in [0.25, 0.3) is 0 Å². The molecule has 0 amide bonds. The van der Waals surface area contributed by atoms with Crippen molar-refractivity contribution in [3.63, 3.8) is 0 Å². The average Bonchev–Trinajstić information content (AvgIpc) is 2.67. The molecule has 1 unspecified atom stereocenters. The molecular formula is C20H23NO5. The van der Waals surface area contributed by atoms with Gasteiger partial charge < -0.3 is 19.9 Å². The summed E-state index contributed by atoms with van der Waals surface area (Å²) in [6.45, 7) is 2.21.